The monoisotopic (exact) mass is 489 g/mol. The summed E-state index contributed by atoms with van der Waals surface area (Å²) in [7, 11) is 0. The lowest BCUT2D eigenvalue weighted by molar-refractivity contribution is -0.118. The molecule has 1 fully saturated rings. The highest BCUT2D eigenvalue weighted by molar-refractivity contribution is 6.32. The molecule has 0 radical (unpaired) electrons. The molecular formula is C26H24ClN5O3. The molecule has 0 atom stereocenters. The van der Waals surface area contributed by atoms with Gasteiger partial charge in [-0.15, -0.1) is 0 Å². The Bertz CT molecular complexity index is 1320. The SMILES string of the molecule is O=C(CN1CCOCC1)Nc1ccc(-n2cc(-c3ccncc3)c(-c3ccc(Cl)c(O)c3)n2)cc1. The molecule has 8 nitrogen and oxygen atoms in total. The summed E-state index contributed by atoms with van der Waals surface area (Å²) in [6.45, 7) is 3.19. The highest BCUT2D eigenvalue weighted by atomic mass is 35.5. The van der Waals surface area contributed by atoms with E-state index in [-0.39, 0.29) is 16.7 Å². The van der Waals surface area contributed by atoms with E-state index in [1.807, 2.05) is 48.7 Å². The molecule has 0 unspecified atom stereocenters. The normalized spacial score (nSPS) is 14.1. The number of phenolic OH excluding ortho intramolecular Hbond substituents is 1. The number of pyridine rings is 1. The summed E-state index contributed by atoms with van der Waals surface area (Å²) in [5.74, 6) is -0.0555. The molecule has 9 heteroatoms. The molecule has 4 aromatic rings. The maximum absolute atomic E-state index is 12.4. The van der Waals surface area contributed by atoms with Gasteiger partial charge >= 0.3 is 0 Å². The second-order valence-corrected chi connectivity index (χ2v) is 8.63. The fourth-order valence-corrected chi connectivity index (χ4v) is 4.10. The van der Waals surface area contributed by atoms with Gasteiger partial charge in [0.25, 0.3) is 0 Å². The fraction of sp³-hybridized carbons (Fsp3) is 0.192. The Morgan fingerprint density at radius 3 is 2.49 bits per heavy atom. The van der Waals surface area contributed by atoms with Crippen LogP contribution in [0.3, 0.4) is 0 Å². The third-order valence-corrected chi connectivity index (χ3v) is 6.13. The lowest BCUT2D eigenvalue weighted by atomic mass is 10.0. The first-order valence-corrected chi connectivity index (χ1v) is 11.6. The van der Waals surface area contributed by atoms with Crippen LogP contribution in [0, 0.1) is 0 Å². The number of carbonyl (C=O) groups excluding carboxylic acids is 1. The van der Waals surface area contributed by atoms with Gasteiger partial charge in [0.05, 0.1) is 30.5 Å². The summed E-state index contributed by atoms with van der Waals surface area (Å²) in [6, 6.07) is 16.4. The van der Waals surface area contributed by atoms with Crippen LogP contribution in [0.15, 0.2) is 73.2 Å². The summed E-state index contributed by atoms with van der Waals surface area (Å²) in [5, 5.41) is 18.2. The van der Waals surface area contributed by atoms with Crippen LogP contribution in [0.4, 0.5) is 5.69 Å². The average Bonchev–Trinajstić information content (AvgIpc) is 3.33. The quantitative estimate of drug-likeness (QED) is 0.421. The number of morpholine rings is 1. The lowest BCUT2D eigenvalue weighted by Gasteiger charge is -2.25. The zero-order valence-electron chi connectivity index (χ0n) is 18.9. The zero-order chi connectivity index (χ0) is 24.2. The van der Waals surface area contributed by atoms with Gasteiger partial charge in [-0.1, -0.05) is 17.7 Å². The van der Waals surface area contributed by atoms with Crippen molar-refractivity contribution in [3.05, 3.63) is 78.2 Å². The third-order valence-electron chi connectivity index (χ3n) is 5.81. The number of anilines is 1. The Morgan fingerprint density at radius 1 is 1.03 bits per heavy atom. The van der Waals surface area contributed by atoms with E-state index in [0.717, 1.165) is 41.2 Å². The van der Waals surface area contributed by atoms with Gasteiger partial charge in [-0.3, -0.25) is 14.7 Å². The topological polar surface area (TPSA) is 92.5 Å². The predicted molar refractivity (Wildman–Crippen MR) is 135 cm³/mol. The van der Waals surface area contributed by atoms with E-state index in [2.05, 4.69) is 15.2 Å². The van der Waals surface area contributed by atoms with Gasteiger partial charge in [0, 0.05) is 48.5 Å². The van der Waals surface area contributed by atoms with Crippen LogP contribution >= 0.6 is 11.6 Å². The van der Waals surface area contributed by atoms with Gasteiger partial charge in [-0.05, 0) is 54.1 Å². The molecule has 178 valence electrons. The van der Waals surface area contributed by atoms with Crippen LogP contribution in [0.25, 0.3) is 28.1 Å². The number of hydrogen-bond donors (Lipinski definition) is 2. The summed E-state index contributed by atoms with van der Waals surface area (Å²) in [6.07, 6.45) is 5.39. The van der Waals surface area contributed by atoms with Crippen molar-refractivity contribution in [3.63, 3.8) is 0 Å². The molecule has 35 heavy (non-hydrogen) atoms. The maximum Gasteiger partial charge on any atom is 0.238 e. The smallest absolute Gasteiger partial charge is 0.238 e. The molecule has 2 aromatic heterocycles. The summed E-state index contributed by atoms with van der Waals surface area (Å²) >= 11 is 6.01. The van der Waals surface area contributed by atoms with E-state index in [1.54, 1.807) is 29.2 Å². The first-order chi connectivity index (χ1) is 17.1. The van der Waals surface area contributed by atoms with Crippen molar-refractivity contribution in [1.82, 2.24) is 19.7 Å². The minimum absolute atomic E-state index is 0.00318. The molecule has 2 N–H and O–H groups in total. The molecule has 1 saturated heterocycles. The molecule has 5 rings (SSSR count). The van der Waals surface area contributed by atoms with Gasteiger partial charge in [0.15, 0.2) is 0 Å². The second kappa shape index (κ2) is 10.3. The van der Waals surface area contributed by atoms with Crippen molar-refractivity contribution in [1.29, 1.82) is 0 Å². The fourth-order valence-electron chi connectivity index (χ4n) is 3.98. The Hall–Kier alpha value is -3.72. The first-order valence-electron chi connectivity index (χ1n) is 11.3. The number of phenols is 1. The molecule has 1 aliphatic heterocycles. The number of carbonyl (C=O) groups is 1. The highest BCUT2D eigenvalue weighted by Gasteiger charge is 2.17. The van der Waals surface area contributed by atoms with Gasteiger partial charge < -0.3 is 15.2 Å². The Kier molecular flexibility index (Phi) is 6.76. The number of hydrogen-bond acceptors (Lipinski definition) is 6. The molecular weight excluding hydrogens is 466 g/mol. The summed E-state index contributed by atoms with van der Waals surface area (Å²) < 4.78 is 7.10. The van der Waals surface area contributed by atoms with Crippen LogP contribution in [0.1, 0.15) is 0 Å². The van der Waals surface area contributed by atoms with E-state index in [1.165, 1.54) is 0 Å². The maximum atomic E-state index is 12.4. The number of nitrogens with zero attached hydrogens (tertiary/aromatic N) is 4. The number of rotatable bonds is 6. The van der Waals surface area contributed by atoms with Gasteiger partial charge in [-0.2, -0.15) is 5.10 Å². The molecule has 1 amide bonds. The minimum Gasteiger partial charge on any atom is -0.506 e. The van der Waals surface area contributed by atoms with Crippen LogP contribution in [-0.4, -0.2) is 63.5 Å². The van der Waals surface area contributed by atoms with Gasteiger partial charge in [-0.25, -0.2) is 4.68 Å². The molecule has 3 heterocycles. The number of nitrogens with one attached hydrogen (secondary N) is 1. The van der Waals surface area contributed by atoms with Crippen molar-refractivity contribution in [2.75, 3.05) is 38.2 Å². The molecule has 0 spiro atoms. The second-order valence-electron chi connectivity index (χ2n) is 8.22. The molecule has 0 saturated carbocycles. The van der Waals surface area contributed by atoms with Crippen LogP contribution in [0.5, 0.6) is 5.75 Å². The van der Waals surface area contributed by atoms with E-state index < -0.39 is 0 Å². The Labute approximate surface area is 207 Å². The van der Waals surface area contributed by atoms with Crippen LogP contribution in [-0.2, 0) is 9.53 Å². The van der Waals surface area contributed by atoms with Gasteiger partial charge in [0.2, 0.25) is 5.91 Å². The average molecular weight is 490 g/mol. The molecule has 0 aliphatic carbocycles. The first kappa shape index (κ1) is 23.0. The molecule has 2 aromatic carbocycles. The molecule has 1 aliphatic rings. The largest absolute Gasteiger partial charge is 0.506 e. The molecule has 0 bridgehead atoms. The number of ether oxygens (including phenoxy) is 1. The number of amides is 1. The predicted octanol–water partition coefficient (Wildman–Crippen LogP) is 4.23. The van der Waals surface area contributed by atoms with Crippen LogP contribution < -0.4 is 5.32 Å². The summed E-state index contributed by atoms with van der Waals surface area (Å²) in [4.78, 5) is 18.6. The van der Waals surface area contributed by atoms with Crippen LogP contribution in [0.2, 0.25) is 5.02 Å². The van der Waals surface area contributed by atoms with Crippen molar-refractivity contribution in [2.45, 2.75) is 0 Å². The number of aromatic nitrogens is 3. The van der Waals surface area contributed by atoms with Crippen molar-refractivity contribution < 1.29 is 14.6 Å². The Morgan fingerprint density at radius 2 is 1.77 bits per heavy atom. The number of benzene rings is 2. The van der Waals surface area contributed by atoms with E-state index in [4.69, 9.17) is 21.4 Å². The highest BCUT2D eigenvalue weighted by Crippen LogP contribution is 2.35. The third kappa shape index (κ3) is 5.35. The van der Waals surface area contributed by atoms with Crippen molar-refractivity contribution in [3.8, 4) is 33.8 Å². The van der Waals surface area contributed by atoms with Crippen molar-refractivity contribution in [2.24, 2.45) is 0 Å². The lowest BCUT2D eigenvalue weighted by Crippen LogP contribution is -2.41. The standard InChI is InChI=1S/C26H24ClN5O3/c27-23-6-1-19(15-24(23)33)26-22(18-7-9-28-10-8-18)16-32(30-26)21-4-2-20(3-5-21)29-25(34)17-31-11-13-35-14-12-31/h1-10,15-16,33H,11-14,17H2,(H,29,34). The Balaban J connectivity index is 1.40. The summed E-state index contributed by atoms with van der Waals surface area (Å²) in [5.41, 5.74) is 4.82. The van der Waals surface area contributed by atoms with E-state index in [0.29, 0.717) is 25.5 Å². The minimum atomic E-state index is -0.0523. The van der Waals surface area contributed by atoms with Gasteiger partial charge in [0.1, 0.15) is 11.4 Å². The van der Waals surface area contributed by atoms with E-state index in [9.17, 15) is 9.90 Å². The van der Waals surface area contributed by atoms with Crippen molar-refractivity contribution >= 4 is 23.2 Å². The van der Waals surface area contributed by atoms with E-state index >= 15 is 0 Å². The number of halogens is 1. The zero-order valence-corrected chi connectivity index (χ0v) is 19.7. The number of aromatic hydroxyl groups is 1.